The molecular weight excluding hydrogens is 188 g/mol. The lowest BCUT2D eigenvalue weighted by Crippen LogP contribution is -2.29. The van der Waals surface area contributed by atoms with Crippen molar-refractivity contribution in [3.63, 3.8) is 0 Å². The molecule has 0 aromatic heterocycles. The number of azide groups is 2. The van der Waals surface area contributed by atoms with Crippen LogP contribution in [0.5, 0.6) is 0 Å². The number of ether oxygens (including phenoxy) is 2. The van der Waals surface area contributed by atoms with Crippen LogP contribution in [-0.2, 0) is 9.47 Å². The van der Waals surface area contributed by atoms with E-state index in [-0.39, 0.29) is 24.3 Å². The molecule has 0 spiro atoms. The van der Waals surface area contributed by atoms with E-state index < -0.39 is 0 Å². The summed E-state index contributed by atoms with van der Waals surface area (Å²) in [4.78, 5) is 5.42. The average molecular weight is 196 g/mol. The van der Waals surface area contributed by atoms with Crippen LogP contribution < -0.4 is 0 Å². The lowest BCUT2D eigenvalue weighted by molar-refractivity contribution is 0.0692. The zero-order valence-electron chi connectivity index (χ0n) is 7.22. The fourth-order valence-electron chi connectivity index (χ4n) is 1.79. The summed E-state index contributed by atoms with van der Waals surface area (Å²) in [6.45, 7) is 0.660. The Morgan fingerprint density at radius 2 is 1.36 bits per heavy atom. The number of hydrogen-bond acceptors (Lipinski definition) is 4. The van der Waals surface area contributed by atoms with Crippen molar-refractivity contribution in [3.05, 3.63) is 20.9 Å². The lowest BCUT2D eigenvalue weighted by Gasteiger charge is -2.10. The lowest BCUT2D eigenvalue weighted by atomic mass is 10.1. The van der Waals surface area contributed by atoms with Crippen LogP contribution in [0.3, 0.4) is 0 Å². The topological polar surface area (TPSA) is 116 Å². The summed E-state index contributed by atoms with van der Waals surface area (Å²) in [6.07, 6.45) is -0.525. The van der Waals surface area contributed by atoms with Gasteiger partial charge in [0.25, 0.3) is 0 Å². The van der Waals surface area contributed by atoms with E-state index in [1.165, 1.54) is 0 Å². The Balaban J connectivity index is 2.11. The molecular formula is C6H8N6O2. The Hall–Kier alpha value is -1.46. The van der Waals surface area contributed by atoms with Crippen molar-refractivity contribution >= 4 is 0 Å². The molecule has 8 nitrogen and oxygen atoms in total. The van der Waals surface area contributed by atoms with Crippen LogP contribution in [0.15, 0.2) is 10.2 Å². The SMILES string of the molecule is [N-]=[N+]=N[C@@H]1CO[C@H]2[C@H]1OC[C@H]2N=[N+]=[N-]. The minimum absolute atomic E-state index is 0.263. The van der Waals surface area contributed by atoms with Gasteiger partial charge in [-0.3, -0.25) is 0 Å². The van der Waals surface area contributed by atoms with Crippen LogP contribution in [0.2, 0.25) is 0 Å². The molecule has 2 saturated heterocycles. The van der Waals surface area contributed by atoms with Crippen LogP contribution in [0.4, 0.5) is 0 Å². The van der Waals surface area contributed by atoms with Gasteiger partial charge in [0.2, 0.25) is 0 Å². The van der Waals surface area contributed by atoms with E-state index in [1.54, 1.807) is 0 Å². The van der Waals surface area contributed by atoms with Gasteiger partial charge in [0, 0.05) is 9.82 Å². The maximum Gasteiger partial charge on any atom is 0.0948 e. The van der Waals surface area contributed by atoms with Gasteiger partial charge in [-0.2, -0.15) is 0 Å². The smallest absolute Gasteiger partial charge is 0.0948 e. The van der Waals surface area contributed by atoms with Gasteiger partial charge in [0.05, 0.1) is 37.5 Å². The third kappa shape index (κ3) is 1.36. The Morgan fingerprint density at radius 3 is 1.71 bits per heavy atom. The van der Waals surface area contributed by atoms with E-state index in [4.69, 9.17) is 20.5 Å². The molecule has 2 heterocycles. The first-order valence-corrected chi connectivity index (χ1v) is 4.18. The average Bonchev–Trinajstić information content (AvgIpc) is 2.72. The fraction of sp³-hybridized carbons (Fsp3) is 1.00. The van der Waals surface area contributed by atoms with E-state index in [9.17, 15) is 0 Å². The molecule has 74 valence electrons. The summed E-state index contributed by atoms with van der Waals surface area (Å²) in [5, 5.41) is 7.11. The van der Waals surface area contributed by atoms with Gasteiger partial charge >= 0.3 is 0 Å². The maximum absolute atomic E-state index is 8.28. The highest BCUT2D eigenvalue weighted by Crippen LogP contribution is 2.30. The Bertz CT molecular complexity index is 288. The van der Waals surface area contributed by atoms with E-state index in [0.717, 1.165) is 0 Å². The number of rotatable bonds is 2. The Labute approximate surface area is 79.0 Å². The quantitative estimate of drug-likeness (QED) is 0.374. The molecule has 14 heavy (non-hydrogen) atoms. The molecule has 0 aromatic carbocycles. The van der Waals surface area contributed by atoms with E-state index in [2.05, 4.69) is 20.1 Å². The highest BCUT2D eigenvalue weighted by atomic mass is 16.6. The first-order chi connectivity index (χ1) is 6.86. The molecule has 2 rings (SSSR count). The van der Waals surface area contributed by atoms with E-state index in [0.29, 0.717) is 13.2 Å². The summed E-state index contributed by atoms with van der Waals surface area (Å²) < 4.78 is 10.7. The van der Waals surface area contributed by atoms with Crippen molar-refractivity contribution in [2.75, 3.05) is 13.2 Å². The van der Waals surface area contributed by atoms with Crippen molar-refractivity contribution in [2.24, 2.45) is 10.2 Å². The van der Waals surface area contributed by atoms with Gasteiger partial charge in [0.15, 0.2) is 0 Å². The first kappa shape index (κ1) is 9.11. The normalized spacial score (nSPS) is 39.7. The summed E-state index contributed by atoms with van der Waals surface area (Å²) in [6, 6.07) is -0.604. The summed E-state index contributed by atoms with van der Waals surface area (Å²) in [5.41, 5.74) is 16.6. The molecule has 8 heteroatoms. The van der Waals surface area contributed by atoms with E-state index >= 15 is 0 Å². The second kappa shape index (κ2) is 3.73. The third-order valence-corrected chi connectivity index (χ3v) is 2.40. The van der Waals surface area contributed by atoms with Crippen LogP contribution in [0.25, 0.3) is 20.9 Å². The monoisotopic (exact) mass is 196 g/mol. The molecule has 0 N–H and O–H groups in total. The zero-order valence-corrected chi connectivity index (χ0v) is 7.22. The molecule has 0 aliphatic carbocycles. The molecule has 0 saturated carbocycles. The number of nitrogens with zero attached hydrogens (tertiary/aromatic N) is 6. The predicted octanol–water partition coefficient (Wildman–Crippen LogP) is 1.14. The Morgan fingerprint density at radius 1 is 0.929 bits per heavy atom. The fourth-order valence-corrected chi connectivity index (χ4v) is 1.79. The minimum Gasteiger partial charge on any atom is -0.374 e. The molecule has 0 unspecified atom stereocenters. The molecule has 2 aliphatic heterocycles. The van der Waals surface area contributed by atoms with Crippen molar-refractivity contribution < 1.29 is 9.47 Å². The molecule has 0 bridgehead atoms. The minimum atomic E-state index is -0.302. The van der Waals surface area contributed by atoms with Crippen molar-refractivity contribution in [2.45, 2.75) is 24.3 Å². The van der Waals surface area contributed by atoms with Gasteiger partial charge in [-0.25, -0.2) is 0 Å². The number of fused-ring (bicyclic) bond motifs is 1. The molecule has 4 atom stereocenters. The summed E-state index contributed by atoms with van der Waals surface area (Å²) in [7, 11) is 0. The van der Waals surface area contributed by atoms with Crippen molar-refractivity contribution in [3.8, 4) is 0 Å². The van der Waals surface area contributed by atoms with E-state index in [1.807, 2.05) is 0 Å². The van der Waals surface area contributed by atoms with Gasteiger partial charge in [0.1, 0.15) is 0 Å². The van der Waals surface area contributed by atoms with Gasteiger partial charge in [-0.1, -0.05) is 10.2 Å². The van der Waals surface area contributed by atoms with Crippen molar-refractivity contribution in [1.29, 1.82) is 0 Å². The van der Waals surface area contributed by atoms with Crippen LogP contribution in [-0.4, -0.2) is 37.5 Å². The standard InChI is InChI=1S/C6H8N6O2/c7-11-9-3-1-13-6-4(10-12-8)2-14-5(3)6/h3-6H,1-2H2/t3-,4-,5-,6+/m1/s1. The van der Waals surface area contributed by atoms with Crippen LogP contribution in [0, 0.1) is 0 Å². The van der Waals surface area contributed by atoms with Crippen LogP contribution >= 0.6 is 0 Å². The zero-order chi connectivity index (χ0) is 9.97. The van der Waals surface area contributed by atoms with Gasteiger partial charge in [-0.15, -0.1) is 0 Å². The largest absolute Gasteiger partial charge is 0.374 e. The van der Waals surface area contributed by atoms with Gasteiger partial charge < -0.3 is 9.47 Å². The van der Waals surface area contributed by atoms with Crippen molar-refractivity contribution in [1.82, 2.24) is 0 Å². The molecule has 2 fully saturated rings. The molecule has 0 aromatic rings. The van der Waals surface area contributed by atoms with Gasteiger partial charge in [-0.05, 0) is 11.1 Å². The summed E-state index contributed by atoms with van der Waals surface area (Å²) >= 11 is 0. The third-order valence-electron chi connectivity index (χ3n) is 2.40. The molecule has 2 aliphatic rings. The molecule has 0 amide bonds. The first-order valence-electron chi connectivity index (χ1n) is 4.18. The second-order valence-electron chi connectivity index (χ2n) is 3.14. The number of hydrogen-bond donors (Lipinski definition) is 0. The molecule has 0 radical (unpaired) electrons. The van der Waals surface area contributed by atoms with Crippen LogP contribution in [0.1, 0.15) is 0 Å². The Kier molecular flexibility index (Phi) is 2.43. The highest BCUT2D eigenvalue weighted by molar-refractivity contribution is 5.00. The maximum atomic E-state index is 8.28. The second-order valence-corrected chi connectivity index (χ2v) is 3.14. The highest BCUT2D eigenvalue weighted by Gasteiger charge is 2.46. The summed E-state index contributed by atoms with van der Waals surface area (Å²) in [5.74, 6) is 0. The predicted molar refractivity (Wildman–Crippen MR) is 45.3 cm³/mol.